The number of rotatable bonds is 1. The molecule has 0 aliphatic carbocycles. The molecule has 4 heteroatoms. The van der Waals surface area contributed by atoms with E-state index in [0.29, 0.717) is 0 Å². The van der Waals surface area contributed by atoms with Crippen molar-refractivity contribution in [2.45, 2.75) is 0 Å². The van der Waals surface area contributed by atoms with E-state index >= 15 is 0 Å². The first-order chi connectivity index (χ1) is 8.86. The number of hydrogen-bond donors (Lipinski definition) is 2. The molecule has 0 bridgehead atoms. The van der Waals surface area contributed by atoms with Gasteiger partial charge in [0.15, 0.2) is 5.13 Å². The molecule has 88 valence electrons. The van der Waals surface area contributed by atoms with Crippen molar-refractivity contribution in [3.63, 3.8) is 0 Å². The highest BCUT2D eigenvalue weighted by atomic mass is 32.1. The Hall–Kier alpha value is -2.07. The summed E-state index contributed by atoms with van der Waals surface area (Å²) in [4.78, 5) is 8.02. The molecule has 0 atom stereocenters. The summed E-state index contributed by atoms with van der Waals surface area (Å²) in [6.45, 7) is 0. The smallest absolute Gasteiger partial charge is 0.183 e. The van der Waals surface area contributed by atoms with Gasteiger partial charge in [-0.25, -0.2) is 4.98 Å². The molecule has 2 N–H and O–H groups in total. The molecule has 0 aliphatic heterocycles. The number of benzene rings is 2. The first kappa shape index (κ1) is 9.91. The Balaban J connectivity index is 2.28. The molecule has 2 heterocycles. The fraction of sp³-hybridized carbons (Fsp3) is 0.0714. The van der Waals surface area contributed by atoms with E-state index in [1.54, 1.807) is 11.3 Å². The molecule has 4 aromatic rings. The van der Waals surface area contributed by atoms with Crippen molar-refractivity contribution in [1.29, 1.82) is 0 Å². The number of aromatic nitrogens is 2. The number of aromatic amines is 1. The second-order valence-corrected chi connectivity index (χ2v) is 5.28. The second kappa shape index (κ2) is 3.46. The fourth-order valence-electron chi connectivity index (χ4n) is 2.43. The molecule has 0 unspecified atom stereocenters. The highest BCUT2D eigenvalue weighted by Crippen LogP contribution is 2.36. The first-order valence-electron chi connectivity index (χ1n) is 5.84. The van der Waals surface area contributed by atoms with Crippen molar-refractivity contribution in [2.75, 3.05) is 12.4 Å². The van der Waals surface area contributed by atoms with Crippen LogP contribution in [0.5, 0.6) is 0 Å². The Kier molecular flexibility index (Phi) is 1.91. The monoisotopic (exact) mass is 253 g/mol. The molecular formula is C14H11N3S. The maximum atomic E-state index is 4.56. The van der Waals surface area contributed by atoms with Gasteiger partial charge in [0.2, 0.25) is 0 Å². The molecule has 0 spiro atoms. The minimum atomic E-state index is 0.961. The summed E-state index contributed by atoms with van der Waals surface area (Å²) in [6.07, 6.45) is 0. The van der Waals surface area contributed by atoms with Gasteiger partial charge in [-0.2, -0.15) is 0 Å². The van der Waals surface area contributed by atoms with E-state index in [1.807, 2.05) is 7.05 Å². The largest absolute Gasteiger partial charge is 0.365 e. The summed E-state index contributed by atoms with van der Waals surface area (Å²) in [6, 6.07) is 12.6. The molecule has 0 fully saturated rings. The summed E-state index contributed by atoms with van der Waals surface area (Å²) in [5.74, 6) is 0. The molecule has 0 saturated heterocycles. The topological polar surface area (TPSA) is 40.7 Å². The lowest BCUT2D eigenvalue weighted by molar-refractivity contribution is 1.42. The van der Waals surface area contributed by atoms with Gasteiger partial charge in [0.05, 0.1) is 10.2 Å². The van der Waals surface area contributed by atoms with E-state index in [0.717, 1.165) is 10.6 Å². The highest BCUT2D eigenvalue weighted by molar-refractivity contribution is 7.23. The lowest BCUT2D eigenvalue weighted by atomic mass is 10.1. The van der Waals surface area contributed by atoms with Crippen molar-refractivity contribution in [3.8, 4) is 0 Å². The lowest BCUT2D eigenvalue weighted by Gasteiger charge is -1.92. The van der Waals surface area contributed by atoms with Crippen LogP contribution in [0.1, 0.15) is 0 Å². The molecule has 2 aromatic heterocycles. The van der Waals surface area contributed by atoms with E-state index in [2.05, 4.69) is 51.7 Å². The van der Waals surface area contributed by atoms with Crippen molar-refractivity contribution >= 4 is 48.5 Å². The Morgan fingerprint density at radius 3 is 2.89 bits per heavy atom. The Morgan fingerprint density at radius 2 is 2.00 bits per heavy atom. The molecule has 0 saturated carbocycles. The number of nitrogens with zero attached hydrogens (tertiary/aromatic N) is 1. The molecule has 0 amide bonds. The second-order valence-electron chi connectivity index (χ2n) is 4.28. The molecule has 0 radical (unpaired) electrons. The van der Waals surface area contributed by atoms with Crippen LogP contribution in [0.25, 0.3) is 32.0 Å². The van der Waals surface area contributed by atoms with Crippen molar-refractivity contribution in [1.82, 2.24) is 9.97 Å². The van der Waals surface area contributed by atoms with E-state index < -0.39 is 0 Å². The van der Waals surface area contributed by atoms with E-state index in [-0.39, 0.29) is 0 Å². The van der Waals surface area contributed by atoms with Gasteiger partial charge in [-0.3, -0.25) is 0 Å². The van der Waals surface area contributed by atoms with Crippen LogP contribution in [0.3, 0.4) is 0 Å². The minimum absolute atomic E-state index is 0.961. The SMILES string of the molecule is CNc1nc2ccc3[nH]c4ccccc4c3c2s1. The van der Waals surface area contributed by atoms with Gasteiger partial charge in [-0.15, -0.1) is 0 Å². The standard InChI is InChI=1S/C14H11N3S/c1-15-14-17-11-7-6-10-12(13(11)18-14)8-4-2-3-5-9(8)16-10/h2-7,16H,1H3,(H,15,17). The van der Waals surface area contributed by atoms with Crippen molar-refractivity contribution in [2.24, 2.45) is 0 Å². The van der Waals surface area contributed by atoms with Gasteiger partial charge < -0.3 is 10.3 Å². The summed E-state index contributed by atoms with van der Waals surface area (Å²) >= 11 is 1.70. The number of anilines is 1. The summed E-state index contributed by atoms with van der Waals surface area (Å²) in [5, 5.41) is 6.63. The van der Waals surface area contributed by atoms with Crippen LogP contribution in [0, 0.1) is 0 Å². The lowest BCUT2D eigenvalue weighted by Crippen LogP contribution is -1.83. The zero-order valence-electron chi connectivity index (χ0n) is 9.82. The molecule has 4 rings (SSSR count). The van der Waals surface area contributed by atoms with Crippen LogP contribution in [0.2, 0.25) is 0 Å². The molecule has 0 aliphatic rings. The number of thiazole rings is 1. The van der Waals surface area contributed by atoms with Gasteiger partial charge >= 0.3 is 0 Å². The van der Waals surface area contributed by atoms with E-state index in [4.69, 9.17) is 0 Å². The molecular weight excluding hydrogens is 242 g/mol. The van der Waals surface area contributed by atoms with Crippen LogP contribution in [-0.4, -0.2) is 17.0 Å². The Morgan fingerprint density at radius 1 is 1.11 bits per heavy atom. The third kappa shape index (κ3) is 1.21. The molecule has 3 nitrogen and oxygen atoms in total. The highest BCUT2D eigenvalue weighted by Gasteiger charge is 2.11. The quantitative estimate of drug-likeness (QED) is 0.539. The maximum absolute atomic E-state index is 4.56. The molecule has 2 aromatic carbocycles. The number of H-pyrrole nitrogens is 1. The predicted molar refractivity (Wildman–Crippen MR) is 78.5 cm³/mol. The zero-order valence-corrected chi connectivity index (χ0v) is 10.6. The summed E-state index contributed by atoms with van der Waals surface area (Å²) in [7, 11) is 1.91. The molecule has 18 heavy (non-hydrogen) atoms. The van der Waals surface area contributed by atoms with Gasteiger partial charge in [-0.1, -0.05) is 29.5 Å². The van der Waals surface area contributed by atoms with Crippen LogP contribution in [0.4, 0.5) is 5.13 Å². The normalized spacial score (nSPS) is 11.6. The van der Waals surface area contributed by atoms with Gasteiger partial charge in [0.1, 0.15) is 0 Å². The van der Waals surface area contributed by atoms with E-state index in [1.165, 1.54) is 26.5 Å². The Bertz CT molecular complexity index is 873. The Labute approximate surface area is 107 Å². The number of nitrogens with one attached hydrogen (secondary N) is 2. The van der Waals surface area contributed by atoms with Crippen LogP contribution >= 0.6 is 11.3 Å². The zero-order chi connectivity index (χ0) is 12.1. The number of fused-ring (bicyclic) bond motifs is 5. The van der Waals surface area contributed by atoms with Crippen LogP contribution in [0.15, 0.2) is 36.4 Å². The average molecular weight is 253 g/mol. The third-order valence-electron chi connectivity index (χ3n) is 3.24. The number of hydrogen-bond acceptors (Lipinski definition) is 3. The predicted octanol–water partition coefficient (Wildman–Crippen LogP) is 3.97. The minimum Gasteiger partial charge on any atom is -0.365 e. The maximum Gasteiger partial charge on any atom is 0.183 e. The number of para-hydroxylation sites is 1. The average Bonchev–Trinajstić information content (AvgIpc) is 2.98. The summed E-state index contributed by atoms with van der Waals surface area (Å²) in [5.41, 5.74) is 3.41. The summed E-state index contributed by atoms with van der Waals surface area (Å²) < 4.78 is 1.24. The van der Waals surface area contributed by atoms with Crippen molar-refractivity contribution in [3.05, 3.63) is 36.4 Å². The van der Waals surface area contributed by atoms with Crippen LogP contribution < -0.4 is 5.32 Å². The van der Waals surface area contributed by atoms with Crippen LogP contribution in [-0.2, 0) is 0 Å². The third-order valence-corrected chi connectivity index (χ3v) is 4.34. The van der Waals surface area contributed by atoms with Gasteiger partial charge in [-0.05, 0) is 18.2 Å². The first-order valence-corrected chi connectivity index (χ1v) is 6.66. The van der Waals surface area contributed by atoms with Gasteiger partial charge in [0.25, 0.3) is 0 Å². The fourth-order valence-corrected chi connectivity index (χ4v) is 3.41. The van der Waals surface area contributed by atoms with Gasteiger partial charge in [0, 0.05) is 28.9 Å². The van der Waals surface area contributed by atoms with E-state index in [9.17, 15) is 0 Å². The van der Waals surface area contributed by atoms with Crippen molar-refractivity contribution < 1.29 is 0 Å².